The Balaban J connectivity index is 1.90. The molecule has 0 bridgehead atoms. The van der Waals surface area contributed by atoms with Crippen molar-refractivity contribution in [3.63, 3.8) is 0 Å². The summed E-state index contributed by atoms with van der Waals surface area (Å²) < 4.78 is 0. The molecule has 0 spiro atoms. The van der Waals surface area contributed by atoms with Crippen LogP contribution in [0.5, 0.6) is 0 Å². The number of unbranched alkanes of at least 4 members (excludes halogenated alkanes) is 5. The van der Waals surface area contributed by atoms with Gasteiger partial charge in [0.25, 0.3) is 5.91 Å². The summed E-state index contributed by atoms with van der Waals surface area (Å²) in [5.41, 5.74) is 2.36. The molecular formula is C19H28N4O2S. The van der Waals surface area contributed by atoms with Gasteiger partial charge in [-0.15, -0.1) is 10.2 Å². The van der Waals surface area contributed by atoms with Crippen LogP contribution in [0.15, 0.2) is 0 Å². The lowest BCUT2D eigenvalue weighted by molar-refractivity contribution is 0.101. The minimum absolute atomic E-state index is 0.0487. The summed E-state index contributed by atoms with van der Waals surface area (Å²) in [7, 11) is 0. The number of aromatic nitrogens is 3. The molecule has 26 heavy (non-hydrogen) atoms. The molecule has 0 saturated carbocycles. The number of ketones is 1. The van der Waals surface area contributed by atoms with Crippen LogP contribution in [0.25, 0.3) is 0 Å². The van der Waals surface area contributed by atoms with Crippen molar-refractivity contribution < 1.29 is 9.59 Å². The van der Waals surface area contributed by atoms with E-state index in [1.165, 1.54) is 50.4 Å². The Kier molecular flexibility index (Phi) is 7.50. The van der Waals surface area contributed by atoms with Crippen LogP contribution in [-0.2, 0) is 6.42 Å². The summed E-state index contributed by atoms with van der Waals surface area (Å²) in [6.45, 7) is 7.29. The highest BCUT2D eigenvalue weighted by Gasteiger charge is 2.20. The lowest BCUT2D eigenvalue weighted by Gasteiger charge is -2.00. The number of hydrogen-bond donors (Lipinski definition) is 2. The van der Waals surface area contributed by atoms with E-state index in [0.29, 0.717) is 27.6 Å². The Morgan fingerprint density at radius 2 is 1.77 bits per heavy atom. The molecule has 1 amide bonds. The van der Waals surface area contributed by atoms with Crippen LogP contribution in [0.3, 0.4) is 0 Å². The maximum absolute atomic E-state index is 12.5. The monoisotopic (exact) mass is 376 g/mol. The molecule has 142 valence electrons. The quantitative estimate of drug-likeness (QED) is 0.459. The van der Waals surface area contributed by atoms with Gasteiger partial charge in [-0.25, -0.2) is 0 Å². The molecule has 0 unspecified atom stereocenters. The normalized spacial score (nSPS) is 10.9. The van der Waals surface area contributed by atoms with Gasteiger partial charge in [-0.1, -0.05) is 50.4 Å². The number of carbonyl (C=O) groups is 2. The molecule has 2 N–H and O–H groups in total. The highest BCUT2D eigenvalue weighted by molar-refractivity contribution is 7.15. The fourth-order valence-electron chi connectivity index (χ4n) is 3.13. The van der Waals surface area contributed by atoms with Gasteiger partial charge >= 0.3 is 0 Å². The van der Waals surface area contributed by atoms with Crippen LogP contribution >= 0.6 is 11.3 Å². The lowest BCUT2D eigenvalue weighted by Crippen LogP contribution is -2.13. The van der Waals surface area contributed by atoms with Crippen molar-refractivity contribution in [3.8, 4) is 0 Å². The number of H-pyrrole nitrogens is 1. The van der Waals surface area contributed by atoms with Crippen molar-refractivity contribution in [3.05, 3.63) is 27.5 Å². The van der Waals surface area contributed by atoms with Crippen molar-refractivity contribution in [1.82, 2.24) is 15.2 Å². The van der Waals surface area contributed by atoms with Gasteiger partial charge < -0.3 is 4.98 Å². The minimum Gasteiger partial charge on any atom is -0.354 e. The number of carbonyl (C=O) groups excluding carboxylic acids is 2. The first-order chi connectivity index (χ1) is 12.4. The minimum atomic E-state index is -0.291. The molecule has 0 aromatic carbocycles. The molecule has 0 aliphatic rings. The number of rotatable bonds is 10. The second-order valence-corrected chi connectivity index (χ2v) is 7.72. The second kappa shape index (κ2) is 9.62. The van der Waals surface area contributed by atoms with Gasteiger partial charge in [-0.3, -0.25) is 14.9 Å². The number of anilines is 1. The third kappa shape index (κ3) is 5.24. The number of hydrogen-bond acceptors (Lipinski definition) is 5. The molecular weight excluding hydrogens is 348 g/mol. The Labute approximate surface area is 158 Å². The lowest BCUT2D eigenvalue weighted by atomic mass is 10.1. The molecule has 0 atom stereocenters. The van der Waals surface area contributed by atoms with Crippen molar-refractivity contribution in [2.24, 2.45) is 0 Å². The highest BCUT2D eigenvalue weighted by Crippen LogP contribution is 2.22. The van der Waals surface area contributed by atoms with E-state index in [9.17, 15) is 9.59 Å². The zero-order chi connectivity index (χ0) is 19.1. The van der Waals surface area contributed by atoms with Crippen LogP contribution in [0.1, 0.15) is 89.5 Å². The fraction of sp³-hybridized carbons (Fsp3) is 0.579. The molecule has 0 saturated heterocycles. The molecule has 0 radical (unpaired) electrons. The van der Waals surface area contributed by atoms with Gasteiger partial charge in [0, 0.05) is 17.7 Å². The van der Waals surface area contributed by atoms with E-state index in [4.69, 9.17) is 0 Å². The van der Waals surface area contributed by atoms with E-state index < -0.39 is 0 Å². The van der Waals surface area contributed by atoms with E-state index in [2.05, 4.69) is 27.4 Å². The van der Waals surface area contributed by atoms with E-state index in [1.807, 2.05) is 0 Å². The Bertz CT molecular complexity index is 764. The SMILES string of the molecule is CCCCCCCCc1nnc(NC(=O)c2[nH]c(C)c(C(C)=O)c2C)s1. The summed E-state index contributed by atoms with van der Waals surface area (Å²) in [5, 5.41) is 12.4. The first-order valence-corrected chi connectivity index (χ1v) is 10.1. The molecule has 2 aromatic heterocycles. The molecule has 7 heteroatoms. The molecule has 2 rings (SSSR count). The highest BCUT2D eigenvalue weighted by atomic mass is 32.1. The Hall–Kier alpha value is -2.02. The molecule has 0 aliphatic carbocycles. The van der Waals surface area contributed by atoms with Gasteiger partial charge in [-0.2, -0.15) is 0 Å². The Morgan fingerprint density at radius 3 is 2.42 bits per heavy atom. The van der Waals surface area contributed by atoms with E-state index in [-0.39, 0.29) is 11.7 Å². The number of Topliss-reactive ketones (excluding diaryl/α,β-unsaturated/α-hetero) is 1. The molecule has 0 aliphatic heterocycles. The van der Waals surface area contributed by atoms with Gasteiger partial charge in [0.05, 0.1) is 0 Å². The fourth-order valence-corrected chi connectivity index (χ4v) is 3.90. The molecule has 6 nitrogen and oxygen atoms in total. The number of nitrogens with one attached hydrogen (secondary N) is 2. The number of nitrogens with zero attached hydrogens (tertiary/aromatic N) is 2. The molecule has 0 fully saturated rings. The average Bonchev–Trinajstić information content (AvgIpc) is 3.14. The third-order valence-corrected chi connectivity index (χ3v) is 5.35. The molecule has 2 heterocycles. The van der Waals surface area contributed by atoms with Gasteiger partial charge in [0.15, 0.2) is 5.78 Å². The van der Waals surface area contributed by atoms with E-state index in [0.717, 1.165) is 17.8 Å². The standard InChI is InChI=1S/C19H28N4O2S/c1-5-6-7-8-9-10-11-15-22-23-19(26-15)21-18(25)17-12(2)16(14(4)24)13(3)20-17/h20H,5-11H2,1-4H3,(H,21,23,25). The topological polar surface area (TPSA) is 87.7 Å². The van der Waals surface area contributed by atoms with Crippen molar-refractivity contribution >= 4 is 28.2 Å². The zero-order valence-corrected chi connectivity index (χ0v) is 16.9. The summed E-state index contributed by atoms with van der Waals surface area (Å²) in [4.78, 5) is 27.2. The summed E-state index contributed by atoms with van der Waals surface area (Å²) in [6, 6.07) is 0. The van der Waals surface area contributed by atoms with E-state index >= 15 is 0 Å². The van der Waals surface area contributed by atoms with Gasteiger partial charge in [-0.05, 0) is 32.8 Å². The van der Waals surface area contributed by atoms with Crippen LogP contribution in [0, 0.1) is 13.8 Å². The van der Waals surface area contributed by atoms with Crippen molar-refractivity contribution in [1.29, 1.82) is 0 Å². The zero-order valence-electron chi connectivity index (χ0n) is 16.1. The summed E-state index contributed by atoms with van der Waals surface area (Å²) >= 11 is 1.41. The van der Waals surface area contributed by atoms with Gasteiger partial charge in [0.2, 0.25) is 5.13 Å². The largest absolute Gasteiger partial charge is 0.354 e. The van der Waals surface area contributed by atoms with Crippen LogP contribution in [-0.4, -0.2) is 26.9 Å². The smallest absolute Gasteiger partial charge is 0.274 e. The van der Waals surface area contributed by atoms with E-state index in [1.54, 1.807) is 13.8 Å². The first kappa shape index (κ1) is 20.3. The molecule has 2 aromatic rings. The number of aromatic amines is 1. The first-order valence-electron chi connectivity index (χ1n) is 9.27. The van der Waals surface area contributed by atoms with Crippen LogP contribution in [0.4, 0.5) is 5.13 Å². The van der Waals surface area contributed by atoms with Crippen molar-refractivity contribution in [2.75, 3.05) is 5.32 Å². The van der Waals surface area contributed by atoms with Gasteiger partial charge in [0.1, 0.15) is 10.7 Å². The third-order valence-electron chi connectivity index (χ3n) is 4.45. The predicted molar refractivity (Wildman–Crippen MR) is 105 cm³/mol. The second-order valence-electron chi connectivity index (χ2n) is 6.65. The van der Waals surface area contributed by atoms with Crippen molar-refractivity contribution in [2.45, 2.75) is 72.6 Å². The summed E-state index contributed by atoms with van der Waals surface area (Å²) in [5.74, 6) is -0.340. The average molecular weight is 377 g/mol. The maximum Gasteiger partial charge on any atom is 0.274 e. The number of aryl methyl sites for hydroxylation is 2. The Morgan fingerprint density at radius 1 is 1.08 bits per heavy atom. The number of amides is 1. The maximum atomic E-state index is 12.5. The predicted octanol–water partition coefficient (Wildman–Crippen LogP) is 4.84. The summed E-state index contributed by atoms with van der Waals surface area (Å²) in [6.07, 6.45) is 8.32. The van der Waals surface area contributed by atoms with Crippen LogP contribution in [0.2, 0.25) is 0 Å². The van der Waals surface area contributed by atoms with Crippen LogP contribution < -0.4 is 5.32 Å².